The summed E-state index contributed by atoms with van der Waals surface area (Å²) in [5.41, 5.74) is 4.96. The Hall–Kier alpha value is -3.14. The summed E-state index contributed by atoms with van der Waals surface area (Å²) in [5, 5.41) is 8.09. The second kappa shape index (κ2) is 9.25. The first-order chi connectivity index (χ1) is 16.4. The molecule has 1 atom stereocenters. The van der Waals surface area contributed by atoms with Gasteiger partial charge in [0.2, 0.25) is 0 Å². The zero-order valence-corrected chi connectivity index (χ0v) is 21.5. The van der Waals surface area contributed by atoms with Gasteiger partial charge in [0.1, 0.15) is 11.4 Å². The lowest BCUT2D eigenvalue weighted by Gasteiger charge is -2.18. The van der Waals surface area contributed by atoms with Crippen LogP contribution in [0.3, 0.4) is 0 Å². The fraction of sp³-hybridized carbons (Fsp3) is 0.269. The molecule has 1 N–H and O–H groups in total. The number of rotatable bonds is 7. The molecule has 0 bridgehead atoms. The topological polar surface area (TPSA) is 74.0 Å². The van der Waals surface area contributed by atoms with Crippen molar-refractivity contribution in [3.63, 3.8) is 0 Å². The molecule has 1 fully saturated rings. The average molecular weight is 567 g/mol. The largest absolute Gasteiger partial charge is 0.494 e. The Labute approximate surface area is 211 Å². The standard InChI is InChI=1S/C26H26IN5O2/c1-16-14-31(15-28-16)24-10-9-21(12-25(24)34-3)29-23-13-22(18-7-8-18)30-32(26(23)33)17(2)19-5-4-6-20(27)11-19/h4-6,9-15,17-18,29H,7-8H2,1-3H3/t17-/m0/s1. The Bertz CT molecular complexity index is 1410. The summed E-state index contributed by atoms with van der Waals surface area (Å²) in [5.74, 6) is 1.10. The van der Waals surface area contributed by atoms with Gasteiger partial charge in [-0.25, -0.2) is 9.67 Å². The monoisotopic (exact) mass is 567 g/mol. The van der Waals surface area contributed by atoms with Crippen LogP contribution in [0.1, 0.15) is 48.7 Å². The highest BCUT2D eigenvalue weighted by Crippen LogP contribution is 2.39. The molecule has 2 aromatic carbocycles. The summed E-state index contributed by atoms with van der Waals surface area (Å²) in [6, 6.07) is 15.7. The predicted molar refractivity (Wildman–Crippen MR) is 142 cm³/mol. The first-order valence-corrected chi connectivity index (χ1v) is 12.4. The fourth-order valence-electron chi connectivity index (χ4n) is 4.05. The van der Waals surface area contributed by atoms with Crippen molar-refractivity contribution < 1.29 is 4.74 Å². The van der Waals surface area contributed by atoms with E-state index in [4.69, 9.17) is 9.84 Å². The predicted octanol–water partition coefficient (Wildman–Crippen LogP) is 5.58. The van der Waals surface area contributed by atoms with Gasteiger partial charge in [-0.3, -0.25) is 4.79 Å². The molecule has 8 heteroatoms. The molecule has 34 heavy (non-hydrogen) atoms. The maximum absolute atomic E-state index is 13.5. The van der Waals surface area contributed by atoms with Crippen LogP contribution >= 0.6 is 22.6 Å². The van der Waals surface area contributed by atoms with Crippen LogP contribution < -0.4 is 15.6 Å². The van der Waals surface area contributed by atoms with Crippen molar-refractivity contribution in [3.8, 4) is 11.4 Å². The Morgan fingerprint density at radius 2 is 2.00 bits per heavy atom. The minimum Gasteiger partial charge on any atom is -0.494 e. The number of benzene rings is 2. The maximum Gasteiger partial charge on any atom is 0.291 e. The first kappa shape index (κ1) is 22.6. The number of nitrogens with one attached hydrogen (secondary N) is 1. The Balaban J connectivity index is 1.52. The summed E-state index contributed by atoms with van der Waals surface area (Å²) in [6.07, 6.45) is 5.92. The Kier molecular flexibility index (Phi) is 6.16. The summed E-state index contributed by atoms with van der Waals surface area (Å²) in [7, 11) is 1.64. The molecule has 0 spiro atoms. The van der Waals surface area contributed by atoms with Gasteiger partial charge in [0, 0.05) is 27.4 Å². The van der Waals surface area contributed by atoms with E-state index in [1.165, 1.54) is 0 Å². The van der Waals surface area contributed by atoms with Gasteiger partial charge < -0.3 is 14.6 Å². The zero-order valence-electron chi connectivity index (χ0n) is 19.3. The average Bonchev–Trinajstić information content (AvgIpc) is 3.60. The van der Waals surface area contributed by atoms with Crippen LogP contribution in [0.15, 0.2) is 65.8 Å². The number of imidazole rings is 1. The molecule has 7 nitrogen and oxygen atoms in total. The van der Waals surface area contributed by atoms with Crippen molar-refractivity contribution in [1.82, 2.24) is 19.3 Å². The van der Waals surface area contributed by atoms with Crippen molar-refractivity contribution in [1.29, 1.82) is 0 Å². The highest BCUT2D eigenvalue weighted by atomic mass is 127. The molecule has 0 amide bonds. The molecule has 1 aliphatic rings. The maximum atomic E-state index is 13.5. The van der Waals surface area contributed by atoms with Crippen molar-refractivity contribution in [2.45, 2.75) is 38.6 Å². The zero-order chi connectivity index (χ0) is 23.8. The van der Waals surface area contributed by atoms with Crippen molar-refractivity contribution in [2.24, 2.45) is 0 Å². The molecule has 0 aliphatic heterocycles. The Morgan fingerprint density at radius 1 is 1.18 bits per heavy atom. The minimum absolute atomic E-state index is 0.149. The first-order valence-electron chi connectivity index (χ1n) is 11.3. The summed E-state index contributed by atoms with van der Waals surface area (Å²) in [4.78, 5) is 17.8. The molecule has 174 valence electrons. The number of hydrogen-bond acceptors (Lipinski definition) is 5. The van der Waals surface area contributed by atoms with Gasteiger partial charge >= 0.3 is 0 Å². The number of methoxy groups -OCH3 is 1. The van der Waals surface area contributed by atoms with Crippen molar-refractivity contribution in [2.75, 3.05) is 12.4 Å². The van der Waals surface area contributed by atoms with E-state index in [0.29, 0.717) is 17.4 Å². The molecule has 0 radical (unpaired) electrons. The molecule has 1 aliphatic carbocycles. The van der Waals surface area contributed by atoms with E-state index in [1.807, 2.05) is 67.1 Å². The number of hydrogen-bond donors (Lipinski definition) is 1. The van der Waals surface area contributed by atoms with E-state index in [1.54, 1.807) is 18.1 Å². The molecule has 2 aromatic heterocycles. The third-order valence-electron chi connectivity index (χ3n) is 6.10. The highest BCUT2D eigenvalue weighted by Gasteiger charge is 2.28. The lowest BCUT2D eigenvalue weighted by molar-refractivity contribution is 0.413. The number of anilines is 2. The SMILES string of the molecule is COc1cc(Nc2cc(C3CC3)nn([C@@H](C)c3cccc(I)c3)c2=O)ccc1-n1cnc(C)c1. The number of nitrogens with zero attached hydrogens (tertiary/aromatic N) is 4. The molecule has 5 rings (SSSR count). The van der Waals surface area contributed by atoms with Gasteiger partial charge in [0.05, 0.1) is 36.6 Å². The van der Waals surface area contributed by atoms with E-state index >= 15 is 0 Å². The van der Waals surface area contributed by atoms with Gasteiger partial charge in [-0.15, -0.1) is 0 Å². The Morgan fingerprint density at radius 3 is 2.68 bits per heavy atom. The van der Waals surface area contributed by atoms with E-state index < -0.39 is 0 Å². The summed E-state index contributed by atoms with van der Waals surface area (Å²) < 4.78 is 10.3. The van der Waals surface area contributed by atoms with Crippen LogP contribution in [0.25, 0.3) is 5.69 Å². The van der Waals surface area contributed by atoms with E-state index in [9.17, 15) is 4.79 Å². The number of aryl methyl sites for hydroxylation is 1. The summed E-state index contributed by atoms with van der Waals surface area (Å²) >= 11 is 2.29. The molecule has 0 saturated heterocycles. The third-order valence-corrected chi connectivity index (χ3v) is 6.77. The van der Waals surface area contributed by atoms with Crippen LogP contribution in [0.4, 0.5) is 11.4 Å². The second-order valence-electron chi connectivity index (χ2n) is 8.67. The lowest BCUT2D eigenvalue weighted by atomic mass is 10.1. The second-order valence-corrected chi connectivity index (χ2v) is 9.92. The normalized spacial score (nSPS) is 14.1. The van der Waals surface area contributed by atoms with Gasteiger partial charge in [0.15, 0.2) is 0 Å². The highest BCUT2D eigenvalue weighted by molar-refractivity contribution is 14.1. The molecule has 2 heterocycles. The van der Waals surface area contributed by atoms with Gasteiger partial charge in [-0.05, 0) is 85.2 Å². The van der Waals surface area contributed by atoms with Crippen molar-refractivity contribution >= 4 is 34.0 Å². The van der Waals surface area contributed by atoms with E-state index in [-0.39, 0.29) is 11.6 Å². The van der Waals surface area contributed by atoms with Crippen LogP contribution in [-0.4, -0.2) is 26.4 Å². The molecule has 1 saturated carbocycles. The quantitative estimate of drug-likeness (QED) is 0.295. The molecular formula is C26H26IN5O2. The van der Waals surface area contributed by atoms with Crippen LogP contribution in [0, 0.1) is 10.5 Å². The third kappa shape index (κ3) is 4.59. The summed E-state index contributed by atoms with van der Waals surface area (Å²) in [6.45, 7) is 3.97. The van der Waals surface area contributed by atoms with Crippen molar-refractivity contribution in [3.05, 3.63) is 91.9 Å². The fourth-order valence-corrected chi connectivity index (χ4v) is 4.61. The van der Waals surface area contributed by atoms with E-state index in [2.05, 4.69) is 39.0 Å². The van der Waals surface area contributed by atoms with Crippen LogP contribution in [-0.2, 0) is 0 Å². The molecule has 0 unspecified atom stereocenters. The van der Waals surface area contributed by atoms with Crippen LogP contribution in [0.2, 0.25) is 0 Å². The van der Waals surface area contributed by atoms with Gasteiger partial charge in [0.25, 0.3) is 5.56 Å². The number of aromatic nitrogens is 4. The number of ether oxygens (including phenoxy) is 1. The van der Waals surface area contributed by atoms with Gasteiger partial charge in [-0.1, -0.05) is 12.1 Å². The molecule has 4 aromatic rings. The van der Waals surface area contributed by atoms with Gasteiger partial charge in [-0.2, -0.15) is 5.10 Å². The number of halogens is 1. The minimum atomic E-state index is -0.178. The molecular weight excluding hydrogens is 541 g/mol. The smallest absolute Gasteiger partial charge is 0.291 e. The van der Waals surface area contributed by atoms with Crippen LogP contribution in [0.5, 0.6) is 5.75 Å². The van der Waals surface area contributed by atoms with E-state index in [0.717, 1.165) is 44.7 Å². The lowest BCUT2D eigenvalue weighted by Crippen LogP contribution is -2.29.